The van der Waals surface area contributed by atoms with Crippen molar-refractivity contribution in [2.45, 2.75) is 6.92 Å². The largest absolute Gasteiger partial charge is 0.497 e. The minimum atomic E-state index is -0.285. The third kappa shape index (κ3) is 3.82. The summed E-state index contributed by atoms with van der Waals surface area (Å²) in [6.07, 6.45) is 0. The molecule has 0 bridgehead atoms. The molecule has 0 aliphatic rings. The molecule has 0 unspecified atom stereocenters. The van der Waals surface area contributed by atoms with Crippen LogP contribution in [-0.2, 0) is 0 Å². The molecule has 31 heavy (non-hydrogen) atoms. The van der Waals surface area contributed by atoms with Gasteiger partial charge in [-0.15, -0.1) is 10.2 Å². The number of ether oxygens (including phenoxy) is 1. The van der Waals surface area contributed by atoms with Crippen molar-refractivity contribution in [3.8, 4) is 22.1 Å². The molecule has 3 heterocycles. The van der Waals surface area contributed by atoms with Gasteiger partial charge in [-0.05, 0) is 61.5 Å². The fourth-order valence-electron chi connectivity index (χ4n) is 3.15. The van der Waals surface area contributed by atoms with E-state index in [0.717, 1.165) is 38.2 Å². The number of methoxy groups -OCH3 is 1. The van der Waals surface area contributed by atoms with Gasteiger partial charge in [0.05, 0.1) is 28.7 Å². The van der Waals surface area contributed by atoms with Crippen molar-refractivity contribution in [3.63, 3.8) is 0 Å². The Morgan fingerprint density at radius 1 is 1.00 bits per heavy atom. The smallest absolute Gasteiger partial charge is 0.213 e. The number of fused-ring (bicyclic) bond motifs is 1. The number of nitrogens with zero attached hydrogens (tertiary/aromatic N) is 5. The van der Waals surface area contributed by atoms with Gasteiger partial charge in [0, 0.05) is 11.6 Å². The quantitative estimate of drug-likeness (QED) is 0.414. The topological polar surface area (TPSA) is 77.8 Å². The number of nitrogens with one attached hydrogen (secondary N) is 1. The van der Waals surface area contributed by atoms with Crippen molar-refractivity contribution >= 4 is 33.2 Å². The molecule has 7 nitrogen and oxygen atoms in total. The van der Waals surface area contributed by atoms with E-state index in [2.05, 4.69) is 20.6 Å². The molecule has 3 aromatic heterocycles. The molecule has 1 N–H and O–H groups in total. The van der Waals surface area contributed by atoms with Crippen LogP contribution in [0.5, 0.6) is 5.75 Å². The van der Waals surface area contributed by atoms with Gasteiger partial charge < -0.3 is 10.1 Å². The monoisotopic (exact) mass is 432 g/mol. The fraction of sp³-hybridized carbons (Fsp3) is 0.0909. The maximum Gasteiger partial charge on any atom is 0.213 e. The number of halogens is 1. The Morgan fingerprint density at radius 2 is 1.84 bits per heavy atom. The molecule has 0 saturated carbocycles. The highest BCUT2D eigenvalue weighted by Gasteiger charge is 2.14. The molecule has 0 spiro atoms. The summed E-state index contributed by atoms with van der Waals surface area (Å²) >= 11 is 1.52. The average Bonchev–Trinajstić information content (AvgIpc) is 3.37. The minimum absolute atomic E-state index is 0.285. The summed E-state index contributed by atoms with van der Waals surface area (Å²) in [5.74, 6) is 1.79. The second-order valence-electron chi connectivity index (χ2n) is 6.85. The summed E-state index contributed by atoms with van der Waals surface area (Å²) < 4.78 is 21.2. The Balaban J connectivity index is 1.44. The number of aryl methyl sites for hydroxylation is 1. The summed E-state index contributed by atoms with van der Waals surface area (Å²) in [7, 11) is 1.64. The second kappa shape index (κ2) is 7.77. The number of hydrogen-bond acceptors (Lipinski definition) is 7. The molecule has 0 fully saturated rings. The van der Waals surface area contributed by atoms with Gasteiger partial charge in [-0.2, -0.15) is 9.78 Å². The van der Waals surface area contributed by atoms with Gasteiger partial charge in [-0.25, -0.2) is 9.37 Å². The predicted octanol–water partition coefficient (Wildman–Crippen LogP) is 5.14. The Morgan fingerprint density at radius 3 is 2.58 bits per heavy atom. The summed E-state index contributed by atoms with van der Waals surface area (Å²) in [4.78, 5) is 4.69. The first-order valence-corrected chi connectivity index (χ1v) is 10.3. The minimum Gasteiger partial charge on any atom is -0.497 e. The molecule has 9 heteroatoms. The first kappa shape index (κ1) is 19.1. The fourth-order valence-corrected chi connectivity index (χ4v) is 4.11. The normalized spacial score (nSPS) is 11.1. The molecule has 154 valence electrons. The number of anilines is 2. The van der Waals surface area contributed by atoms with Gasteiger partial charge in [0.25, 0.3) is 0 Å². The average molecular weight is 432 g/mol. The Bertz CT molecular complexity index is 1360. The van der Waals surface area contributed by atoms with Crippen LogP contribution in [0.25, 0.3) is 26.6 Å². The van der Waals surface area contributed by atoms with E-state index in [9.17, 15) is 4.39 Å². The lowest BCUT2D eigenvalue weighted by Crippen LogP contribution is -2.04. The van der Waals surface area contributed by atoms with Crippen LogP contribution in [0.2, 0.25) is 0 Å². The number of aromatic nitrogens is 5. The van der Waals surface area contributed by atoms with E-state index >= 15 is 0 Å². The van der Waals surface area contributed by atoms with Gasteiger partial charge in [0.1, 0.15) is 17.4 Å². The van der Waals surface area contributed by atoms with Crippen LogP contribution in [0.4, 0.5) is 16.0 Å². The molecule has 0 aliphatic carbocycles. The third-order valence-corrected chi connectivity index (χ3v) is 5.65. The molecular weight excluding hydrogens is 415 g/mol. The molecule has 0 atom stereocenters. The molecule has 0 radical (unpaired) electrons. The zero-order valence-corrected chi connectivity index (χ0v) is 17.5. The van der Waals surface area contributed by atoms with Gasteiger partial charge in [-0.3, -0.25) is 0 Å². The summed E-state index contributed by atoms with van der Waals surface area (Å²) in [6.45, 7) is 1.92. The van der Waals surface area contributed by atoms with E-state index in [1.165, 1.54) is 23.5 Å². The zero-order valence-electron chi connectivity index (χ0n) is 16.7. The number of rotatable bonds is 5. The number of hydrogen-bond donors (Lipinski definition) is 1. The van der Waals surface area contributed by atoms with Gasteiger partial charge in [0.15, 0.2) is 5.82 Å². The van der Waals surface area contributed by atoms with Crippen LogP contribution in [0.15, 0.2) is 60.7 Å². The SMILES string of the molecule is COc1ccc2nc(-n3nc(C)cc3Nc3ccc(-c4ccc(F)cc4)nn3)sc2c1. The lowest BCUT2D eigenvalue weighted by molar-refractivity contribution is 0.415. The summed E-state index contributed by atoms with van der Waals surface area (Å²) in [5.41, 5.74) is 3.18. The molecule has 5 aromatic rings. The van der Waals surface area contributed by atoms with E-state index in [0.29, 0.717) is 11.5 Å². The van der Waals surface area contributed by atoms with Crippen LogP contribution in [0.1, 0.15) is 5.69 Å². The van der Waals surface area contributed by atoms with Gasteiger partial charge in [0.2, 0.25) is 5.13 Å². The lowest BCUT2D eigenvalue weighted by atomic mass is 10.1. The molecule has 0 aliphatic heterocycles. The van der Waals surface area contributed by atoms with Crippen LogP contribution in [-0.4, -0.2) is 32.1 Å². The molecule has 5 rings (SSSR count). The van der Waals surface area contributed by atoms with Gasteiger partial charge >= 0.3 is 0 Å². The standard InChI is InChI=1S/C22H17FN6OS/c1-13-11-21(25-20-10-9-17(26-27-20)14-3-5-15(23)6-4-14)29(28-13)22-24-18-8-7-16(30-2)12-19(18)31-22/h3-12H,1-2H3,(H,25,27). The second-order valence-corrected chi connectivity index (χ2v) is 7.86. The van der Waals surface area contributed by atoms with Crippen LogP contribution in [0.3, 0.4) is 0 Å². The van der Waals surface area contributed by atoms with Crippen LogP contribution in [0, 0.1) is 12.7 Å². The lowest BCUT2D eigenvalue weighted by Gasteiger charge is -2.07. The van der Waals surface area contributed by atoms with Crippen LogP contribution < -0.4 is 10.1 Å². The Hall–Kier alpha value is -3.85. The van der Waals surface area contributed by atoms with Crippen molar-refractivity contribution in [2.24, 2.45) is 0 Å². The Labute approximate surface area is 181 Å². The Kier molecular flexibility index (Phi) is 4.79. The van der Waals surface area contributed by atoms with E-state index in [-0.39, 0.29) is 5.82 Å². The van der Waals surface area contributed by atoms with Gasteiger partial charge in [-0.1, -0.05) is 11.3 Å². The number of thiazole rings is 1. The first-order chi connectivity index (χ1) is 15.1. The highest BCUT2D eigenvalue weighted by molar-refractivity contribution is 7.20. The van der Waals surface area contributed by atoms with E-state index in [4.69, 9.17) is 9.72 Å². The highest BCUT2D eigenvalue weighted by Crippen LogP contribution is 2.30. The molecular formula is C22H17FN6OS. The summed E-state index contributed by atoms with van der Waals surface area (Å²) in [5, 5.41) is 17.1. The molecule has 0 amide bonds. The predicted molar refractivity (Wildman–Crippen MR) is 119 cm³/mol. The maximum atomic E-state index is 13.1. The van der Waals surface area contributed by atoms with Crippen molar-refractivity contribution in [1.82, 2.24) is 25.0 Å². The van der Waals surface area contributed by atoms with Crippen LogP contribution >= 0.6 is 11.3 Å². The number of benzene rings is 2. The molecule has 2 aromatic carbocycles. The van der Waals surface area contributed by atoms with Crippen molar-refractivity contribution < 1.29 is 9.13 Å². The highest BCUT2D eigenvalue weighted by atomic mass is 32.1. The van der Waals surface area contributed by atoms with Crippen molar-refractivity contribution in [3.05, 3.63) is 72.2 Å². The zero-order chi connectivity index (χ0) is 21.4. The van der Waals surface area contributed by atoms with Crippen molar-refractivity contribution in [1.29, 1.82) is 0 Å². The van der Waals surface area contributed by atoms with E-state index in [1.54, 1.807) is 23.9 Å². The maximum absolute atomic E-state index is 13.1. The van der Waals surface area contributed by atoms with E-state index < -0.39 is 0 Å². The van der Waals surface area contributed by atoms with Crippen molar-refractivity contribution in [2.75, 3.05) is 12.4 Å². The third-order valence-electron chi connectivity index (χ3n) is 4.66. The van der Waals surface area contributed by atoms with E-state index in [1.807, 2.05) is 43.3 Å². The summed E-state index contributed by atoms with van der Waals surface area (Å²) in [6, 6.07) is 17.5. The molecule has 0 saturated heterocycles. The first-order valence-electron chi connectivity index (χ1n) is 9.47.